The number of ether oxygens (including phenoxy) is 1. The number of benzene rings is 1. The average Bonchev–Trinajstić information content (AvgIpc) is 2.56. The predicted octanol–water partition coefficient (Wildman–Crippen LogP) is 2.77. The number of amides is 1. The summed E-state index contributed by atoms with van der Waals surface area (Å²) < 4.78 is 18.5. The van der Waals surface area contributed by atoms with Crippen LogP contribution in [0.2, 0.25) is 0 Å². The van der Waals surface area contributed by atoms with Gasteiger partial charge in [0, 0.05) is 11.6 Å². The highest BCUT2D eigenvalue weighted by Gasteiger charge is 2.27. The van der Waals surface area contributed by atoms with Gasteiger partial charge in [0.2, 0.25) is 0 Å². The normalized spacial score (nSPS) is 23.2. The maximum Gasteiger partial charge on any atom is 0.269 e. The van der Waals surface area contributed by atoms with Crippen LogP contribution in [0.25, 0.3) is 0 Å². The third-order valence-electron chi connectivity index (χ3n) is 4.73. The molecule has 1 saturated carbocycles. The van der Waals surface area contributed by atoms with E-state index < -0.39 is 11.7 Å². The molecule has 3 atom stereocenters. The molecule has 0 heterocycles. The molecule has 1 aliphatic carbocycles. The third-order valence-corrected chi connectivity index (χ3v) is 4.95. The van der Waals surface area contributed by atoms with Gasteiger partial charge in [0.05, 0.1) is 7.11 Å². The molecular weight excluding hydrogens is 329 g/mol. The zero-order chi connectivity index (χ0) is 17.7. The maximum atomic E-state index is 13.6. The Kier molecular flexibility index (Phi) is 6.36. The minimum atomic E-state index is -0.587. The van der Waals surface area contributed by atoms with Crippen LogP contribution in [0, 0.1) is 17.7 Å². The first-order valence-corrected chi connectivity index (χ1v) is 8.53. The largest absolute Gasteiger partial charge is 0.494 e. The number of hydrazine groups is 1. The lowest BCUT2D eigenvalue weighted by Crippen LogP contribution is -2.52. The van der Waals surface area contributed by atoms with Gasteiger partial charge in [0.15, 0.2) is 16.7 Å². The number of hydrogen-bond acceptors (Lipinski definition) is 3. The molecule has 1 aliphatic rings. The monoisotopic (exact) mass is 353 g/mol. The van der Waals surface area contributed by atoms with Crippen LogP contribution in [0.5, 0.6) is 5.75 Å². The maximum absolute atomic E-state index is 13.6. The zero-order valence-corrected chi connectivity index (χ0v) is 15.0. The van der Waals surface area contributed by atoms with Crippen LogP contribution in [0.1, 0.15) is 43.5 Å². The van der Waals surface area contributed by atoms with Crippen molar-refractivity contribution in [2.75, 3.05) is 7.11 Å². The fourth-order valence-corrected chi connectivity index (χ4v) is 3.19. The molecular formula is C17H24FN3O2S. The molecule has 0 aliphatic heterocycles. The van der Waals surface area contributed by atoms with E-state index in [-0.39, 0.29) is 11.3 Å². The fraction of sp³-hybridized carbons (Fsp3) is 0.529. The average molecular weight is 353 g/mol. The van der Waals surface area contributed by atoms with Crippen molar-refractivity contribution in [3.8, 4) is 5.75 Å². The smallest absolute Gasteiger partial charge is 0.269 e. The number of nitrogens with one attached hydrogen (secondary N) is 3. The molecule has 1 aromatic rings. The molecule has 0 radical (unpaired) electrons. The van der Waals surface area contributed by atoms with Gasteiger partial charge < -0.3 is 10.1 Å². The molecule has 0 bridgehead atoms. The van der Waals surface area contributed by atoms with E-state index in [1.54, 1.807) is 0 Å². The Morgan fingerprint density at radius 2 is 2.04 bits per heavy atom. The van der Waals surface area contributed by atoms with Crippen LogP contribution in [0.3, 0.4) is 0 Å². The number of carbonyl (C=O) groups is 1. The molecule has 24 heavy (non-hydrogen) atoms. The lowest BCUT2D eigenvalue weighted by molar-refractivity contribution is 0.0942. The minimum absolute atomic E-state index is 0.0945. The van der Waals surface area contributed by atoms with E-state index in [0.29, 0.717) is 23.0 Å². The molecule has 0 saturated heterocycles. The van der Waals surface area contributed by atoms with Crippen molar-refractivity contribution in [1.82, 2.24) is 16.2 Å². The molecule has 0 spiro atoms. The summed E-state index contributed by atoms with van der Waals surface area (Å²) in [5.41, 5.74) is 5.34. The summed E-state index contributed by atoms with van der Waals surface area (Å²) in [6.07, 6.45) is 3.47. The van der Waals surface area contributed by atoms with E-state index in [4.69, 9.17) is 17.0 Å². The highest BCUT2D eigenvalue weighted by molar-refractivity contribution is 7.80. The second-order valence-electron chi connectivity index (χ2n) is 6.28. The van der Waals surface area contributed by atoms with Gasteiger partial charge >= 0.3 is 0 Å². The van der Waals surface area contributed by atoms with E-state index in [0.717, 1.165) is 12.5 Å². The van der Waals surface area contributed by atoms with Gasteiger partial charge in [-0.1, -0.05) is 26.7 Å². The van der Waals surface area contributed by atoms with Gasteiger partial charge in [-0.3, -0.25) is 15.6 Å². The Hall–Kier alpha value is -1.89. The summed E-state index contributed by atoms with van der Waals surface area (Å²) in [5, 5.41) is 3.61. The van der Waals surface area contributed by atoms with Crippen molar-refractivity contribution >= 4 is 23.2 Å². The van der Waals surface area contributed by atoms with E-state index in [1.165, 1.54) is 32.1 Å². The SMILES string of the molecule is COc1ccc(C(=O)NNC(=S)N[C@@H]2CCC[C@H](C)[C@H]2C)cc1F. The Bertz CT molecular complexity index is 611. The van der Waals surface area contributed by atoms with Crippen molar-refractivity contribution in [2.24, 2.45) is 11.8 Å². The minimum Gasteiger partial charge on any atom is -0.494 e. The molecule has 0 aromatic heterocycles. The number of halogens is 1. The van der Waals surface area contributed by atoms with Crippen molar-refractivity contribution in [1.29, 1.82) is 0 Å². The summed E-state index contributed by atoms with van der Waals surface area (Å²) in [6.45, 7) is 4.46. The first-order valence-electron chi connectivity index (χ1n) is 8.12. The van der Waals surface area contributed by atoms with Crippen LogP contribution < -0.4 is 20.9 Å². The summed E-state index contributed by atoms with van der Waals surface area (Å²) in [6, 6.07) is 4.31. The van der Waals surface area contributed by atoms with E-state index in [2.05, 4.69) is 30.0 Å². The first kappa shape index (κ1) is 18.4. The first-order chi connectivity index (χ1) is 11.4. The lowest BCUT2D eigenvalue weighted by Gasteiger charge is -2.35. The van der Waals surface area contributed by atoms with Crippen LogP contribution in [0.15, 0.2) is 18.2 Å². The number of hydrogen-bond donors (Lipinski definition) is 3. The summed E-state index contributed by atoms with van der Waals surface area (Å²) in [5.74, 6) is 0.208. The van der Waals surface area contributed by atoms with E-state index in [1.807, 2.05) is 0 Å². The quantitative estimate of drug-likeness (QED) is 0.576. The van der Waals surface area contributed by atoms with Crippen molar-refractivity contribution < 1.29 is 13.9 Å². The van der Waals surface area contributed by atoms with Crippen LogP contribution >= 0.6 is 12.2 Å². The van der Waals surface area contributed by atoms with Gasteiger partial charge in [-0.2, -0.15) is 0 Å². The highest BCUT2D eigenvalue weighted by Crippen LogP contribution is 2.29. The molecule has 2 rings (SSSR count). The molecule has 0 unspecified atom stereocenters. The summed E-state index contributed by atoms with van der Waals surface area (Å²) in [7, 11) is 1.37. The van der Waals surface area contributed by atoms with Gasteiger partial charge in [0.1, 0.15) is 0 Å². The van der Waals surface area contributed by atoms with Crippen LogP contribution in [-0.2, 0) is 0 Å². The number of rotatable bonds is 3. The second kappa shape index (κ2) is 8.28. The Morgan fingerprint density at radius 1 is 1.29 bits per heavy atom. The standard InChI is InChI=1S/C17H24FN3O2S/c1-10-5-4-6-14(11(10)2)19-17(24)21-20-16(22)12-7-8-15(23-3)13(18)9-12/h7-11,14H,4-6H2,1-3H3,(H,20,22)(H2,19,21,24)/t10-,11+,14+/m0/s1. The van der Waals surface area contributed by atoms with E-state index in [9.17, 15) is 9.18 Å². The van der Waals surface area contributed by atoms with Gasteiger partial charge in [-0.15, -0.1) is 0 Å². The van der Waals surface area contributed by atoms with Crippen molar-refractivity contribution in [3.05, 3.63) is 29.6 Å². The molecule has 132 valence electrons. The Labute approximate surface area is 147 Å². The molecule has 1 fully saturated rings. The van der Waals surface area contributed by atoms with Gasteiger partial charge in [0.25, 0.3) is 5.91 Å². The summed E-state index contributed by atoms with van der Waals surface area (Å²) >= 11 is 5.23. The summed E-state index contributed by atoms with van der Waals surface area (Å²) in [4.78, 5) is 12.0. The number of thiocarbonyl (C=S) groups is 1. The molecule has 5 nitrogen and oxygen atoms in total. The Balaban J connectivity index is 1.85. The second-order valence-corrected chi connectivity index (χ2v) is 6.68. The number of methoxy groups -OCH3 is 1. The lowest BCUT2D eigenvalue weighted by atomic mass is 9.78. The van der Waals surface area contributed by atoms with Crippen molar-refractivity contribution in [3.63, 3.8) is 0 Å². The fourth-order valence-electron chi connectivity index (χ4n) is 2.98. The van der Waals surface area contributed by atoms with Crippen LogP contribution in [-0.4, -0.2) is 24.2 Å². The molecule has 3 N–H and O–H groups in total. The highest BCUT2D eigenvalue weighted by atomic mass is 32.1. The van der Waals surface area contributed by atoms with Gasteiger partial charge in [-0.25, -0.2) is 4.39 Å². The van der Waals surface area contributed by atoms with Crippen molar-refractivity contribution in [2.45, 2.75) is 39.2 Å². The third kappa shape index (κ3) is 4.56. The van der Waals surface area contributed by atoms with Gasteiger partial charge in [-0.05, 0) is 48.7 Å². The predicted molar refractivity (Wildman–Crippen MR) is 95.3 cm³/mol. The Morgan fingerprint density at radius 3 is 2.71 bits per heavy atom. The van der Waals surface area contributed by atoms with Crippen LogP contribution in [0.4, 0.5) is 4.39 Å². The zero-order valence-electron chi connectivity index (χ0n) is 14.2. The topological polar surface area (TPSA) is 62.4 Å². The molecule has 1 amide bonds. The molecule has 7 heteroatoms. The number of carbonyl (C=O) groups excluding carboxylic acids is 1. The molecule has 1 aromatic carbocycles. The van der Waals surface area contributed by atoms with E-state index >= 15 is 0 Å².